The summed E-state index contributed by atoms with van der Waals surface area (Å²) in [6.45, 7) is 4.89. The third-order valence-corrected chi connectivity index (χ3v) is 5.43. The van der Waals surface area contributed by atoms with Gasteiger partial charge in [0.05, 0.1) is 6.54 Å². The number of aliphatic carboxylic acids is 1. The second-order valence-electron chi connectivity index (χ2n) is 5.33. The van der Waals surface area contributed by atoms with Crippen LogP contribution in [0.4, 0.5) is 4.79 Å². The minimum Gasteiger partial charge on any atom is -0.479 e. The molecule has 1 aromatic rings. The van der Waals surface area contributed by atoms with Crippen LogP contribution in [0.15, 0.2) is 12.1 Å². The fraction of sp³-hybridized carbons (Fsp3) is 0.600. The lowest BCUT2D eigenvalue weighted by Gasteiger charge is -2.33. The summed E-state index contributed by atoms with van der Waals surface area (Å²) in [4.78, 5) is 27.8. The minimum absolute atomic E-state index is 0.275. The predicted octanol–water partition coefficient (Wildman–Crippen LogP) is 2.85. The molecule has 6 heteroatoms. The van der Waals surface area contributed by atoms with Crippen molar-refractivity contribution in [3.8, 4) is 0 Å². The number of carboxylic acids is 1. The predicted molar refractivity (Wildman–Crippen MR) is 82.5 cm³/mol. The number of rotatable bonds is 5. The lowest BCUT2D eigenvalue weighted by molar-refractivity contribution is -0.148. The molecule has 1 unspecified atom stereocenters. The van der Waals surface area contributed by atoms with Gasteiger partial charge in [0, 0.05) is 16.3 Å². The minimum atomic E-state index is -1.03. The first-order valence-corrected chi connectivity index (χ1v) is 8.21. The van der Waals surface area contributed by atoms with Crippen molar-refractivity contribution in [2.45, 2.75) is 51.6 Å². The Kier molecular flexibility index (Phi) is 4.88. The van der Waals surface area contributed by atoms with Crippen LogP contribution < -0.4 is 5.32 Å². The van der Waals surface area contributed by atoms with Crippen LogP contribution in [0.1, 0.15) is 42.9 Å². The summed E-state index contributed by atoms with van der Waals surface area (Å²) in [5.74, 6) is -0.901. The Balaban J connectivity index is 2.00. The zero-order valence-electron chi connectivity index (χ0n) is 12.5. The van der Waals surface area contributed by atoms with Gasteiger partial charge < -0.3 is 15.3 Å². The van der Waals surface area contributed by atoms with Crippen LogP contribution in [0.5, 0.6) is 0 Å². The molecular formula is C15H22N2O3S. The summed E-state index contributed by atoms with van der Waals surface area (Å²) >= 11 is 1.68. The molecule has 2 heterocycles. The standard InChI is InChI=1S/C15H22N2O3S/c1-3-11-6-7-12(21-11)10-16-14(20)17-9-5-8-15(17,4-2)13(18)19/h6-7H,3-5,8-10H2,1-2H3,(H,16,20)(H,18,19). The van der Waals surface area contributed by atoms with E-state index in [1.165, 1.54) is 9.78 Å². The van der Waals surface area contributed by atoms with Crippen LogP contribution in [0.2, 0.25) is 0 Å². The molecular weight excluding hydrogens is 288 g/mol. The van der Waals surface area contributed by atoms with Crippen LogP contribution in [0.25, 0.3) is 0 Å². The van der Waals surface area contributed by atoms with Crippen molar-refractivity contribution in [3.63, 3.8) is 0 Å². The van der Waals surface area contributed by atoms with E-state index in [0.717, 1.165) is 17.7 Å². The fourth-order valence-electron chi connectivity index (χ4n) is 2.88. The molecule has 1 atom stereocenters. The SMILES string of the molecule is CCc1ccc(CNC(=O)N2CCCC2(CC)C(=O)O)s1. The molecule has 1 saturated heterocycles. The van der Waals surface area contributed by atoms with E-state index in [0.29, 0.717) is 25.9 Å². The molecule has 2 rings (SSSR count). The summed E-state index contributed by atoms with van der Waals surface area (Å²) < 4.78 is 0. The highest BCUT2D eigenvalue weighted by Gasteiger charge is 2.48. The lowest BCUT2D eigenvalue weighted by atomic mass is 9.93. The molecule has 0 aromatic carbocycles. The molecule has 21 heavy (non-hydrogen) atoms. The zero-order chi connectivity index (χ0) is 15.5. The molecule has 116 valence electrons. The first-order valence-electron chi connectivity index (χ1n) is 7.40. The van der Waals surface area contributed by atoms with Crippen LogP contribution in [-0.4, -0.2) is 34.1 Å². The Morgan fingerprint density at radius 3 is 2.67 bits per heavy atom. The summed E-state index contributed by atoms with van der Waals surface area (Å²) in [5, 5.41) is 12.3. The third kappa shape index (κ3) is 3.05. The molecule has 0 radical (unpaired) electrons. The number of aryl methyl sites for hydroxylation is 1. The van der Waals surface area contributed by atoms with E-state index in [4.69, 9.17) is 0 Å². The van der Waals surface area contributed by atoms with Crippen LogP contribution in [-0.2, 0) is 17.8 Å². The first kappa shape index (κ1) is 15.8. The maximum Gasteiger partial charge on any atom is 0.329 e. The van der Waals surface area contributed by atoms with Crippen LogP contribution in [0.3, 0.4) is 0 Å². The van der Waals surface area contributed by atoms with Gasteiger partial charge in [-0.15, -0.1) is 11.3 Å². The number of amides is 2. The largest absolute Gasteiger partial charge is 0.479 e. The summed E-state index contributed by atoms with van der Waals surface area (Å²) in [5.41, 5.74) is -1.03. The van der Waals surface area contributed by atoms with Crippen molar-refractivity contribution in [3.05, 3.63) is 21.9 Å². The van der Waals surface area contributed by atoms with Gasteiger partial charge in [0.15, 0.2) is 0 Å². The molecule has 0 spiro atoms. The van der Waals surface area contributed by atoms with Crippen molar-refractivity contribution < 1.29 is 14.7 Å². The average molecular weight is 310 g/mol. The van der Waals surface area contributed by atoms with Gasteiger partial charge in [-0.3, -0.25) is 0 Å². The van der Waals surface area contributed by atoms with Crippen molar-refractivity contribution in [1.82, 2.24) is 10.2 Å². The summed E-state index contributed by atoms with van der Waals surface area (Å²) in [6, 6.07) is 3.80. The van der Waals surface area contributed by atoms with E-state index in [2.05, 4.69) is 18.3 Å². The van der Waals surface area contributed by atoms with Crippen LogP contribution in [0, 0.1) is 0 Å². The second kappa shape index (κ2) is 6.47. The van der Waals surface area contributed by atoms with Crippen molar-refractivity contribution in [1.29, 1.82) is 0 Å². The molecule has 5 nitrogen and oxygen atoms in total. The number of carboxylic acid groups (broad SMARTS) is 1. The number of hydrogen-bond donors (Lipinski definition) is 2. The van der Waals surface area contributed by atoms with Gasteiger partial charge in [-0.2, -0.15) is 0 Å². The molecule has 0 aliphatic carbocycles. The molecule has 1 fully saturated rings. The summed E-state index contributed by atoms with van der Waals surface area (Å²) in [7, 11) is 0. The van der Waals surface area contributed by atoms with Gasteiger partial charge in [0.1, 0.15) is 5.54 Å². The van der Waals surface area contributed by atoms with Gasteiger partial charge in [-0.05, 0) is 37.8 Å². The summed E-state index contributed by atoms with van der Waals surface area (Å²) in [6.07, 6.45) is 2.70. The molecule has 1 aliphatic rings. The fourth-order valence-corrected chi connectivity index (χ4v) is 3.78. The number of urea groups is 1. The number of hydrogen-bond acceptors (Lipinski definition) is 3. The highest BCUT2D eigenvalue weighted by atomic mass is 32.1. The molecule has 1 aromatic heterocycles. The van der Waals surface area contributed by atoms with E-state index < -0.39 is 11.5 Å². The zero-order valence-corrected chi connectivity index (χ0v) is 13.3. The number of carbonyl (C=O) groups excluding carboxylic acids is 1. The first-order chi connectivity index (χ1) is 10.0. The Hall–Kier alpha value is -1.56. The van der Waals surface area contributed by atoms with Gasteiger partial charge >= 0.3 is 12.0 Å². The number of nitrogens with one attached hydrogen (secondary N) is 1. The maximum absolute atomic E-state index is 12.3. The Bertz CT molecular complexity index is 529. The molecule has 0 saturated carbocycles. The monoisotopic (exact) mass is 310 g/mol. The van der Waals surface area contributed by atoms with E-state index in [1.807, 2.05) is 13.0 Å². The normalized spacial score (nSPS) is 21.5. The van der Waals surface area contributed by atoms with Crippen LogP contribution >= 0.6 is 11.3 Å². The highest BCUT2D eigenvalue weighted by Crippen LogP contribution is 2.32. The Morgan fingerprint density at radius 1 is 1.38 bits per heavy atom. The van der Waals surface area contributed by atoms with Crippen molar-refractivity contribution in [2.75, 3.05) is 6.54 Å². The van der Waals surface area contributed by atoms with Crippen molar-refractivity contribution in [2.24, 2.45) is 0 Å². The van der Waals surface area contributed by atoms with E-state index in [-0.39, 0.29) is 6.03 Å². The van der Waals surface area contributed by atoms with Gasteiger partial charge in [-0.25, -0.2) is 9.59 Å². The molecule has 2 amide bonds. The number of carbonyl (C=O) groups is 2. The lowest BCUT2D eigenvalue weighted by Crippen LogP contribution is -2.55. The van der Waals surface area contributed by atoms with E-state index in [1.54, 1.807) is 11.3 Å². The average Bonchev–Trinajstić information content (AvgIpc) is 3.11. The highest BCUT2D eigenvalue weighted by molar-refractivity contribution is 7.11. The topological polar surface area (TPSA) is 69.6 Å². The van der Waals surface area contributed by atoms with E-state index in [9.17, 15) is 14.7 Å². The second-order valence-corrected chi connectivity index (χ2v) is 6.58. The van der Waals surface area contributed by atoms with Gasteiger partial charge in [0.25, 0.3) is 0 Å². The maximum atomic E-state index is 12.3. The van der Waals surface area contributed by atoms with Crippen molar-refractivity contribution >= 4 is 23.3 Å². The van der Waals surface area contributed by atoms with Gasteiger partial charge in [0.2, 0.25) is 0 Å². The molecule has 1 aliphatic heterocycles. The quantitative estimate of drug-likeness (QED) is 0.878. The number of thiophene rings is 1. The van der Waals surface area contributed by atoms with E-state index >= 15 is 0 Å². The Morgan fingerprint density at radius 2 is 2.10 bits per heavy atom. The molecule has 0 bridgehead atoms. The number of likely N-dealkylation sites (tertiary alicyclic amines) is 1. The third-order valence-electron chi connectivity index (χ3n) is 4.20. The Labute approximate surface area is 129 Å². The number of nitrogens with zero attached hydrogens (tertiary/aromatic N) is 1. The smallest absolute Gasteiger partial charge is 0.329 e. The molecule has 2 N–H and O–H groups in total. The van der Waals surface area contributed by atoms with Gasteiger partial charge in [-0.1, -0.05) is 13.8 Å².